The minimum absolute atomic E-state index is 0.156. The number of carbonyl (C=O) groups excluding carboxylic acids is 1. The molecule has 0 unspecified atom stereocenters. The molecule has 0 saturated carbocycles. The van der Waals surface area contributed by atoms with Gasteiger partial charge in [-0.1, -0.05) is 26.3 Å². The van der Waals surface area contributed by atoms with E-state index in [4.69, 9.17) is 4.42 Å². The molecule has 26 heavy (non-hydrogen) atoms. The van der Waals surface area contributed by atoms with E-state index in [9.17, 15) is 9.18 Å². The van der Waals surface area contributed by atoms with Crippen molar-refractivity contribution in [1.29, 1.82) is 0 Å². The van der Waals surface area contributed by atoms with Gasteiger partial charge in [-0.3, -0.25) is 4.79 Å². The fourth-order valence-electron chi connectivity index (χ4n) is 2.97. The molecule has 0 aliphatic heterocycles. The SMILES string of the molecule is CCC.Cc1[nH]c2c(F)ccc(C)c2c1CCNC(=O)c1ccoc1C. The van der Waals surface area contributed by atoms with Gasteiger partial charge in [0.1, 0.15) is 11.6 Å². The molecule has 0 aliphatic carbocycles. The lowest BCUT2D eigenvalue weighted by Gasteiger charge is -2.06. The minimum Gasteiger partial charge on any atom is -0.469 e. The van der Waals surface area contributed by atoms with E-state index in [0.717, 1.165) is 22.2 Å². The number of nitrogens with one attached hydrogen (secondary N) is 2. The highest BCUT2D eigenvalue weighted by molar-refractivity contribution is 5.95. The summed E-state index contributed by atoms with van der Waals surface area (Å²) in [7, 11) is 0. The number of H-pyrrole nitrogens is 1. The quantitative estimate of drug-likeness (QED) is 0.672. The number of amides is 1. The molecule has 3 aromatic rings. The van der Waals surface area contributed by atoms with Gasteiger partial charge < -0.3 is 14.7 Å². The van der Waals surface area contributed by atoms with E-state index in [1.165, 1.54) is 18.8 Å². The molecule has 0 saturated heterocycles. The zero-order valence-electron chi connectivity index (χ0n) is 16.1. The second-order valence-electron chi connectivity index (χ2n) is 6.45. The summed E-state index contributed by atoms with van der Waals surface area (Å²) in [6.07, 6.45) is 3.39. The van der Waals surface area contributed by atoms with Gasteiger partial charge in [0.15, 0.2) is 0 Å². The predicted molar refractivity (Wildman–Crippen MR) is 103 cm³/mol. The molecule has 0 fully saturated rings. The van der Waals surface area contributed by atoms with Crippen LogP contribution in [0.4, 0.5) is 4.39 Å². The third-order valence-corrected chi connectivity index (χ3v) is 4.19. The van der Waals surface area contributed by atoms with E-state index < -0.39 is 0 Å². The molecule has 140 valence electrons. The molecule has 4 nitrogen and oxygen atoms in total. The zero-order valence-corrected chi connectivity index (χ0v) is 16.1. The monoisotopic (exact) mass is 358 g/mol. The number of fused-ring (bicyclic) bond motifs is 1. The van der Waals surface area contributed by atoms with E-state index in [2.05, 4.69) is 24.1 Å². The lowest BCUT2D eigenvalue weighted by atomic mass is 10.0. The number of aryl methyl sites for hydroxylation is 3. The Hall–Kier alpha value is -2.56. The van der Waals surface area contributed by atoms with Gasteiger partial charge in [0.2, 0.25) is 0 Å². The highest BCUT2D eigenvalue weighted by Crippen LogP contribution is 2.27. The predicted octanol–water partition coefficient (Wildman–Crippen LogP) is 5.21. The smallest absolute Gasteiger partial charge is 0.254 e. The Labute approximate surface area is 153 Å². The Morgan fingerprint density at radius 3 is 2.50 bits per heavy atom. The van der Waals surface area contributed by atoms with Crippen LogP contribution in [0, 0.1) is 26.6 Å². The number of rotatable bonds is 4. The summed E-state index contributed by atoms with van der Waals surface area (Å²) in [5.41, 5.74) is 4.08. The maximum absolute atomic E-state index is 13.9. The topological polar surface area (TPSA) is 58.0 Å². The number of benzene rings is 1. The average Bonchev–Trinajstić information content (AvgIpc) is 3.16. The number of halogens is 1. The summed E-state index contributed by atoms with van der Waals surface area (Å²) in [4.78, 5) is 15.2. The third-order valence-electron chi connectivity index (χ3n) is 4.19. The molecule has 3 rings (SSSR count). The highest BCUT2D eigenvalue weighted by Gasteiger charge is 2.15. The summed E-state index contributed by atoms with van der Waals surface area (Å²) in [6, 6.07) is 4.91. The van der Waals surface area contributed by atoms with E-state index in [0.29, 0.717) is 29.8 Å². The van der Waals surface area contributed by atoms with Crippen molar-refractivity contribution >= 4 is 16.8 Å². The van der Waals surface area contributed by atoms with Crippen LogP contribution in [-0.4, -0.2) is 17.4 Å². The van der Waals surface area contributed by atoms with E-state index >= 15 is 0 Å². The number of aromatic nitrogens is 1. The molecule has 0 radical (unpaired) electrons. The molecule has 2 N–H and O–H groups in total. The van der Waals surface area contributed by atoms with E-state index in [1.54, 1.807) is 19.1 Å². The van der Waals surface area contributed by atoms with Crippen LogP contribution in [0.1, 0.15) is 53.2 Å². The Balaban J connectivity index is 0.000000758. The van der Waals surface area contributed by atoms with Crippen LogP contribution in [-0.2, 0) is 6.42 Å². The first kappa shape index (κ1) is 19.8. The number of carbonyl (C=O) groups is 1. The Kier molecular flexibility index (Phi) is 6.61. The first-order chi connectivity index (χ1) is 12.4. The molecule has 0 spiro atoms. The average molecular weight is 358 g/mol. The van der Waals surface area contributed by atoms with Crippen LogP contribution >= 0.6 is 0 Å². The van der Waals surface area contributed by atoms with Crippen LogP contribution in [0.3, 0.4) is 0 Å². The number of furan rings is 1. The molecule has 0 aliphatic rings. The van der Waals surface area contributed by atoms with Crippen molar-refractivity contribution in [2.24, 2.45) is 0 Å². The van der Waals surface area contributed by atoms with Crippen molar-refractivity contribution in [3.63, 3.8) is 0 Å². The van der Waals surface area contributed by atoms with Crippen molar-refractivity contribution in [2.45, 2.75) is 47.5 Å². The normalized spacial score (nSPS) is 10.5. The molecule has 1 aromatic carbocycles. The lowest BCUT2D eigenvalue weighted by Crippen LogP contribution is -2.26. The van der Waals surface area contributed by atoms with Gasteiger partial charge in [0, 0.05) is 17.6 Å². The lowest BCUT2D eigenvalue weighted by molar-refractivity contribution is 0.0952. The number of aromatic amines is 1. The fraction of sp³-hybridized carbons (Fsp3) is 0.381. The Bertz CT molecular complexity index is 893. The fourth-order valence-corrected chi connectivity index (χ4v) is 2.97. The summed E-state index contributed by atoms with van der Waals surface area (Å²) < 4.78 is 19.1. The first-order valence-corrected chi connectivity index (χ1v) is 8.99. The zero-order chi connectivity index (χ0) is 19.3. The van der Waals surface area contributed by atoms with Crippen molar-refractivity contribution in [3.8, 4) is 0 Å². The Morgan fingerprint density at radius 1 is 1.19 bits per heavy atom. The molecule has 2 heterocycles. The van der Waals surface area contributed by atoms with Gasteiger partial charge >= 0.3 is 0 Å². The maximum Gasteiger partial charge on any atom is 0.254 e. The van der Waals surface area contributed by atoms with Gasteiger partial charge in [-0.25, -0.2) is 4.39 Å². The van der Waals surface area contributed by atoms with Gasteiger partial charge in [-0.05, 0) is 50.5 Å². The van der Waals surface area contributed by atoms with Crippen molar-refractivity contribution < 1.29 is 13.6 Å². The van der Waals surface area contributed by atoms with Crippen LogP contribution in [0.25, 0.3) is 10.9 Å². The summed E-state index contributed by atoms with van der Waals surface area (Å²) in [5.74, 6) is 0.193. The van der Waals surface area contributed by atoms with E-state index in [-0.39, 0.29) is 11.7 Å². The molecular formula is C21H27FN2O2. The van der Waals surface area contributed by atoms with Gasteiger partial charge in [-0.2, -0.15) is 0 Å². The summed E-state index contributed by atoms with van der Waals surface area (Å²) in [5, 5.41) is 3.80. The largest absolute Gasteiger partial charge is 0.469 e. The molecule has 2 aromatic heterocycles. The van der Waals surface area contributed by atoms with Crippen molar-refractivity contribution in [2.75, 3.05) is 6.54 Å². The standard InChI is InChI=1S/C18H19FN2O2.C3H8/c1-10-4-5-15(19)17-16(10)13(11(2)21-17)6-8-20-18(22)14-7-9-23-12(14)3;1-3-2/h4-5,7,9,21H,6,8H2,1-3H3,(H,20,22);3H2,1-2H3. The molecular weight excluding hydrogens is 331 g/mol. The van der Waals surface area contributed by atoms with Crippen molar-refractivity contribution in [3.05, 3.63) is 58.4 Å². The summed E-state index contributed by atoms with van der Waals surface area (Å²) in [6.45, 7) is 10.4. The number of hydrogen-bond acceptors (Lipinski definition) is 2. The highest BCUT2D eigenvalue weighted by atomic mass is 19.1. The molecule has 0 atom stereocenters. The minimum atomic E-state index is -0.252. The molecule has 1 amide bonds. The number of hydrogen-bond donors (Lipinski definition) is 2. The van der Waals surface area contributed by atoms with Crippen LogP contribution in [0.15, 0.2) is 28.9 Å². The third kappa shape index (κ3) is 4.15. The summed E-state index contributed by atoms with van der Waals surface area (Å²) >= 11 is 0. The second kappa shape index (κ2) is 8.70. The van der Waals surface area contributed by atoms with Gasteiger partial charge in [0.25, 0.3) is 5.91 Å². The van der Waals surface area contributed by atoms with E-state index in [1.807, 2.05) is 13.8 Å². The van der Waals surface area contributed by atoms with Crippen LogP contribution in [0.2, 0.25) is 0 Å². The second-order valence-corrected chi connectivity index (χ2v) is 6.45. The van der Waals surface area contributed by atoms with Gasteiger partial charge in [-0.15, -0.1) is 0 Å². The van der Waals surface area contributed by atoms with Crippen LogP contribution in [0.5, 0.6) is 0 Å². The van der Waals surface area contributed by atoms with Crippen molar-refractivity contribution in [1.82, 2.24) is 10.3 Å². The molecule has 0 bridgehead atoms. The van der Waals surface area contributed by atoms with Crippen LogP contribution < -0.4 is 5.32 Å². The first-order valence-electron chi connectivity index (χ1n) is 8.99. The Morgan fingerprint density at radius 2 is 1.88 bits per heavy atom. The molecule has 5 heteroatoms. The maximum atomic E-state index is 13.9. The van der Waals surface area contributed by atoms with Gasteiger partial charge in [0.05, 0.1) is 17.3 Å².